The number of nitrogens with one attached hydrogen (secondary N) is 1. The van der Waals surface area contributed by atoms with Gasteiger partial charge in [-0.15, -0.1) is 0 Å². The Balaban J connectivity index is 1.92. The molecule has 0 spiro atoms. The Morgan fingerprint density at radius 1 is 1.33 bits per heavy atom. The summed E-state index contributed by atoms with van der Waals surface area (Å²) >= 11 is 0. The second kappa shape index (κ2) is 5.48. The zero-order valence-electron chi connectivity index (χ0n) is 12.6. The highest BCUT2D eigenvalue weighted by Gasteiger charge is 2.38. The molecule has 2 aliphatic rings. The van der Waals surface area contributed by atoms with Gasteiger partial charge in [0.1, 0.15) is 0 Å². The van der Waals surface area contributed by atoms with E-state index in [2.05, 4.69) is 38.0 Å². The number of hydrogen-bond acceptors (Lipinski definition) is 3. The first-order valence-electron chi connectivity index (χ1n) is 7.43. The third kappa shape index (κ3) is 4.22. The average molecular weight is 254 g/mol. The molecule has 106 valence electrons. The first kappa shape index (κ1) is 14.3. The van der Waals surface area contributed by atoms with E-state index in [-0.39, 0.29) is 5.54 Å². The second-order valence-electron chi connectivity index (χ2n) is 7.41. The van der Waals surface area contributed by atoms with E-state index in [0.717, 1.165) is 25.8 Å². The topological polar surface area (TPSA) is 24.5 Å². The van der Waals surface area contributed by atoms with Crippen LogP contribution in [-0.4, -0.2) is 49.8 Å². The van der Waals surface area contributed by atoms with E-state index in [1.807, 2.05) is 0 Å². The number of nitrogens with zero attached hydrogens (tertiary/aromatic N) is 1. The summed E-state index contributed by atoms with van der Waals surface area (Å²) in [5.41, 5.74) is 0.519. The van der Waals surface area contributed by atoms with Crippen LogP contribution in [0, 0.1) is 5.41 Å². The summed E-state index contributed by atoms with van der Waals surface area (Å²) in [6.07, 6.45) is 5.29. The van der Waals surface area contributed by atoms with Crippen molar-refractivity contribution in [2.75, 3.05) is 33.4 Å². The predicted octanol–water partition coefficient (Wildman–Crippen LogP) is 2.27. The quantitative estimate of drug-likeness (QED) is 0.814. The van der Waals surface area contributed by atoms with Gasteiger partial charge < -0.3 is 15.0 Å². The van der Waals surface area contributed by atoms with Crippen LogP contribution in [0.1, 0.15) is 46.5 Å². The van der Waals surface area contributed by atoms with Gasteiger partial charge in [-0.05, 0) is 53.5 Å². The molecule has 2 rings (SSSR count). The molecule has 0 amide bonds. The van der Waals surface area contributed by atoms with Gasteiger partial charge in [0.05, 0.1) is 6.61 Å². The molecule has 1 saturated heterocycles. The van der Waals surface area contributed by atoms with E-state index < -0.39 is 0 Å². The smallest absolute Gasteiger partial charge is 0.0546 e. The van der Waals surface area contributed by atoms with Gasteiger partial charge >= 0.3 is 0 Å². The van der Waals surface area contributed by atoms with Crippen LogP contribution in [0.4, 0.5) is 0 Å². The Morgan fingerprint density at radius 3 is 2.56 bits per heavy atom. The van der Waals surface area contributed by atoms with Crippen molar-refractivity contribution in [3.05, 3.63) is 0 Å². The van der Waals surface area contributed by atoms with Crippen molar-refractivity contribution < 1.29 is 4.74 Å². The highest BCUT2D eigenvalue weighted by Crippen LogP contribution is 2.33. The summed E-state index contributed by atoms with van der Waals surface area (Å²) in [5, 5.41) is 3.69. The van der Waals surface area contributed by atoms with Crippen LogP contribution in [0.25, 0.3) is 0 Å². The average Bonchev–Trinajstić information content (AvgIpc) is 3.11. The van der Waals surface area contributed by atoms with Crippen LogP contribution in [0.15, 0.2) is 0 Å². The van der Waals surface area contributed by atoms with E-state index in [1.54, 1.807) is 0 Å². The standard InChI is InChI=1S/C15H30N2O/c1-14(2,3)16-10-15(8-5-9-18-12-15)11-17(4)13-6-7-13/h13,16H,5-12H2,1-4H3. The van der Waals surface area contributed by atoms with Gasteiger partial charge in [-0.2, -0.15) is 0 Å². The van der Waals surface area contributed by atoms with Gasteiger partial charge in [-0.1, -0.05) is 0 Å². The Labute approximate surface area is 112 Å². The number of hydrogen-bond donors (Lipinski definition) is 1. The normalized spacial score (nSPS) is 29.8. The minimum absolute atomic E-state index is 0.197. The summed E-state index contributed by atoms with van der Waals surface area (Å²) in [4.78, 5) is 2.55. The fourth-order valence-corrected chi connectivity index (χ4v) is 2.86. The molecule has 2 fully saturated rings. The molecule has 1 saturated carbocycles. The molecule has 1 aliphatic carbocycles. The molecular formula is C15H30N2O. The molecule has 3 nitrogen and oxygen atoms in total. The second-order valence-corrected chi connectivity index (χ2v) is 7.41. The maximum atomic E-state index is 5.79. The zero-order chi connectivity index (χ0) is 13.2. The summed E-state index contributed by atoms with van der Waals surface area (Å²) in [6, 6.07) is 0.846. The van der Waals surface area contributed by atoms with E-state index in [1.165, 1.54) is 32.2 Å². The SMILES string of the molecule is CN(CC1(CNC(C)(C)C)CCCOC1)C1CC1. The fraction of sp³-hybridized carbons (Fsp3) is 1.00. The summed E-state index contributed by atoms with van der Waals surface area (Å²) < 4.78 is 5.79. The van der Waals surface area contributed by atoms with Crippen LogP contribution in [-0.2, 0) is 4.74 Å². The third-order valence-electron chi connectivity index (χ3n) is 4.15. The van der Waals surface area contributed by atoms with Crippen LogP contribution in [0.5, 0.6) is 0 Å². The summed E-state index contributed by atoms with van der Waals surface area (Å²) in [7, 11) is 2.28. The molecule has 1 heterocycles. The molecule has 0 bridgehead atoms. The first-order valence-corrected chi connectivity index (χ1v) is 7.43. The Hall–Kier alpha value is -0.120. The van der Waals surface area contributed by atoms with Crippen LogP contribution in [0.2, 0.25) is 0 Å². The Morgan fingerprint density at radius 2 is 2.06 bits per heavy atom. The summed E-state index contributed by atoms with van der Waals surface area (Å²) in [6.45, 7) is 10.9. The molecule has 1 unspecified atom stereocenters. The van der Waals surface area contributed by atoms with Crippen molar-refractivity contribution >= 4 is 0 Å². The van der Waals surface area contributed by atoms with E-state index in [0.29, 0.717) is 5.41 Å². The minimum Gasteiger partial charge on any atom is -0.381 e. The first-order chi connectivity index (χ1) is 8.40. The lowest BCUT2D eigenvalue weighted by Gasteiger charge is -2.42. The molecule has 0 aromatic heterocycles. The van der Waals surface area contributed by atoms with Gasteiger partial charge in [-0.25, -0.2) is 0 Å². The Bertz CT molecular complexity index is 262. The van der Waals surface area contributed by atoms with E-state index in [9.17, 15) is 0 Å². The minimum atomic E-state index is 0.197. The Kier molecular flexibility index (Phi) is 4.35. The van der Waals surface area contributed by atoms with Crippen molar-refractivity contribution in [2.24, 2.45) is 5.41 Å². The van der Waals surface area contributed by atoms with Gasteiger partial charge in [-0.3, -0.25) is 0 Å². The van der Waals surface area contributed by atoms with Crippen molar-refractivity contribution in [1.29, 1.82) is 0 Å². The number of rotatable bonds is 5. The highest BCUT2D eigenvalue weighted by atomic mass is 16.5. The lowest BCUT2D eigenvalue weighted by atomic mass is 9.81. The molecule has 1 aliphatic heterocycles. The van der Waals surface area contributed by atoms with Gasteiger partial charge in [0.15, 0.2) is 0 Å². The van der Waals surface area contributed by atoms with Gasteiger partial charge in [0, 0.05) is 36.7 Å². The summed E-state index contributed by atoms with van der Waals surface area (Å²) in [5.74, 6) is 0. The molecule has 3 heteroatoms. The lowest BCUT2D eigenvalue weighted by molar-refractivity contribution is -0.0263. The molecule has 18 heavy (non-hydrogen) atoms. The maximum Gasteiger partial charge on any atom is 0.0546 e. The lowest BCUT2D eigenvalue weighted by Crippen LogP contribution is -2.52. The van der Waals surface area contributed by atoms with Crippen molar-refractivity contribution in [1.82, 2.24) is 10.2 Å². The monoisotopic (exact) mass is 254 g/mol. The molecule has 1 N–H and O–H groups in total. The molecule has 0 aromatic carbocycles. The third-order valence-corrected chi connectivity index (χ3v) is 4.15. The number of ether oxygens (including phenoxy) is 1. The van der Waals surface area contributed by atoms with E-state index in [4.69, 9.17) is 4.74 Å². The zero-order valence-corrected chi connectivity index (χ0v) is 12.6. The highest BCUT2D eigenvalue weighted by molar-refractivity contribution is 4.92. The van der Waals surface area contributed by atoms with Crippen LogP contribution in [0.3, 0.4) is 0 Å². The molecule has 0 aromatic rings. The van der Waals surface area contributed by atoms with Crippen LogP contribution < -0.4 is 5.32 Å². The molecule has 1 atom stereocenters. The molecular weight excluding hydrogens is 224 g/mol. The fourth-order valence-electron chi connectivity index (χ4n) is 2.86. The van der Waals surface area contributed by atoms with Crippen molar-refractivity contribution in [3.8, 4) is 0 Å². The predicted molar refractivity (Wildman–Crippen MR) is 75.9 cm³/mol. The van der Waals surface area contributed by atoms with E-state index >= 15 is 0 Å². The van der Waals surface area contributed by atoms with Gasteiger partial charge in [0.25, 0.3) is 0 Å². The maximum absolute atomic E-state index is 5.79. The van der Waals surface area contributed by atoms with Crippen molar-refractivity contribution in [3.63, 3.8) is 0 Å². The largest absolute Gasteiger partial charge is 0.381 e. The van der Waals surface area contributed by atoms with Crippen molar-refractivity contribution in [2.45, 2.75) is 58.0 Å². The molecule has 0 radical (unpaired) electrons. The van der Waals surface area contributed by atoms with Crippen LogP contribution >= 0.6 is 0 Å². The van der Waals surface area contributed by atoms with Gasteiger partial charge in [0.2, 0.25) is 0 Å².